The number of benzene rings is 8. The van der Waals surface area contributed by atoms with Crippen molar-refractivity contribution in [2.75, 3.05) is 4.90 Å². The molecular formula is C55H38N5Pt-. The van der Waals surface area contributed by atoms with Crippen molar-refractivity contribution in [2.24, 2.45) is 7.05 Å². The number of hydrogen-bond donors (Lipinski definition) is 0. The number of imidazole rings is 1. The van der Waals surface area contributed by atoms with Crippen LogP contribution in [0.2, 0.25) is 0 Å². The van der Waals surface area contributed by atoms with Crippen LogP contribution >= 0.6 is 0 Å². The van der Waals surface area contributed by atoms with Gasteiger partial charge in [0.1, 0.15) is 5.82 Å². The van der Waals surface area contributed by atoms with Crippen molar-refractivity contribution < 1.29 is 21.1 Å². The Morgan fingerprint density at radius 2 is 1.08 bits per heavy atom. The molecule has 61 heavy (non-hydrogen) atoms. The second-order valence-electron chi connectivity index (χ2n) is 15.0. The maximum atomic E-state index is 5.00. The Morgan fingerprint density at radius 3 is 1.79 bits per heavy atom. The predicted molar refractivity (Wildman–Crippen MR) is 247 cm³/mol. The van der Waals surface area contributed by atoms with Crippen molar-refractivity contribution in [3.05, 3.63) is 225 Å². The third kappa shape index (κ3) is 6.74. The number of hydrogen-bond acceptors (Lipinski definition) is 2. The summed E-state index contributed by atoms with van der Waals surface area (Å²) in [5.41, 5.74) is 14.7. The van der Waals surface area contributed by atoms with Crippen LogP contribution in [0.3, 0.4) is 0 Å². The van der Waals surface area contributed by atoms with Crippen molar-refractivity contribution in [2.45, 2.75) is 0 Å². The summed E-state index contributed by atoms with van der Waals surface area (Å²) in [5.74, 6) is 0.832. The molecule has 0 radical (unpaired) electrons. The molecule has 294 valence electrons. The van der Waals surface area contributed by atoms with Gasteiger partial charge in [-0.05, 0) is 58.0 Å². The second-order valence-corrected chi connectivity index (χ2v) is 15.0. The van der Waals surface area contributed by atoms with Gasteiger partial charge in [-0.2, -0.15) is 12.1 Å². The smallest absolute Gasteiger partial charge is 0.188 e. The van der Waals surface area contributed by atoms with E-state index in [4.69, 9.17) is 4.98 Å². The van der Waals surface area contributed by atoms with Gasteiger partial charge in [0.15, 0.2) is 17.4 Å². The largest absolute Gasteiger partial charge is 0.357 e. The summed E-state index contributed by atoms with van der Waals surface area (Å²) < 4.78 is 6.63. The standard InChI is InChI=1S/C55H38N5.Pt/c1-57-38-58(52-30-14-13-29-51(52)57)43-23-15-24-44(36-43)59(55-46(40-19-7-3-8-20-40)26-16-27-47(55)41-21-9-4-10-22-41)45-31-32-49-48-25-11-12-28-50(48)60(53(49)37-45)54-35-42(33-34-56-54)39-17-5-2-6-18-39;/h2-35,38H,1H3;/q-1;. The number of aromatic nitrogens is 4. The molecule has 8 aromatic carbocycles. The summed E-state index contributed by atoms with van der Waals surface area (Å²) in [5, 5.41) is 2.24. The SMILES string of the molecule is Cn1[cH+]n(-c2[c-]c(N(c3[c-]c4c(cc3)c3ccccc3n4-c3cc(-c4ccccc4)ccn3)c3c(-c4ccccc4)cccc3-c3ccccc3)ccc2)c2ccccc21.[Pt]. The monoisotopic (exact) mass is 963 g/mol. The van der Waals surface area contributed by atoms with Gasteiger partial charge in [0.2, 0.25) is 0 Å². The molecule has 0 saturated heterocycles. The van der Waals surface area contributed by atoms with Crippen LogP contribution in [0.4, 0.5) is 17.1 Å². The van der Waals surface area contributed by atoms with Crippen LogP contribution in [0, 0.1) is 12.1 Å². The zero-order chi connectivity index (χ0) is 40.0. The molecule has 5 nitrogen and oxygen atoms in total. The minimum absolute atomic E-state index is 0. The molecule has 0 amide bonds. The maximum Gasteiger partial charge on any atom is 0.188 e. The van der Waals surface area contributed by atoms with Crippen molar-refractivity contribution in [3.63, 3.8) is 0 Å². The average molecular weight is 964 g/mol. The molecule has 11 rings (SSSR count). The van der Waals surface area contributed by atoms with Crippen molar-refractivity contribution in [1.82, 2.24) is 18.7 Å². The van der Waals surface area contributed by atoms with Crippen molar-refractivity contribution in [3.8, 4) is 44.9 Å². The number of pyridine rings is 1. The molecule has 3 aromatic heterocycles. The van der Waals surface area contributed by atoms with Gasteiger partial charge in [0.25, 0.3) is 0 Å². The Bertz CT molecular complexity index is 3280. The molecule has 6 heteroatoms. The quantitative estimate of drug-likeness (QED) is 0.142. The molecule has 0 N–H and O–H groups in total. The summed E-state index contributed by atoms with van der Waals surface area (Å²) in [6, 6.07) is 78.5. The number of aryl methyl sites for hydroxylation is 1. The first-order chi connectivity index (χ1) is 29.7. The van der Waals surface area contributed by atoms with Crippen LogP contribution < -0.4 is 4.90 Å². The number of fused-ring (bicyclic) bond motifs is 4. The summed E-state index contributed by atoms with van der Waals surface area (Å²) in [7, 11) is 2.09. The summed E-state index contributed by atoms with van der Waals surface area (Å²) >= 11 is 0. The summed E-state index contributed by atoms with van der Waals surface area (Å²) in [4.78, 5) is 7.34. The second kappa shape index (κ2) is 16.0. The molecule has 0 bridgehead atoms. The maximum absolute atomic E-state index is 5.00. The summed E-state index contributed by atoms with van der Waals surface area (Å²) in [6.45, 7) is 0. The zero-order valence-electron chi connectivity index (χ0n) is 33.3. The molecular weight excluding hydrogens is 926 g/mol. The number of para-hydroxylation sites is 4. The van der Waals surface area contributed by atoms with Gasteiger partial charge in [0.05, 0.1) is 5.69 Å². The molecule has 0 fully saturated rings. The van der Waals surface area contributed by atoms with Gasteiger partial charge in [-0.1, -0.05) is 150 Å². The summed E-state index contributed by atoms with van der Waals surface area (Å²) in [6.07, 6.45) is 4.03. The van der Waals surface area contributed by atoms with Crippen LogP contribution in [0.25, 0.3) is 77.7 Å². The van der Waals surface area contributed by atoms with E-state index in [1.807, 2.05) is 12.3 Å². The molecule has 0 atom stereocenters. The average Bonchev–Trinajstić information content (AvgIpc) is 3.84. The molecule has 0 aliphatic heterocycles. The van der Waals surface area contributed by atoms with Crippen molar-refractivity contribution in [1.29, 1.82) is 0 Å². The van der Waals surface area contributed by atoms with E-state index in [1.54, 1.807) is 0 Å². The first kappa shape index (κ1) is 37.9. The normalized spacial score (nSPS) is 11.2. The fourth-order valence-electron chi connectivity index (χ4n) is 8.63. The van der Waals surface area contributed by atoms with Gasteiger partial charge in [-0.15, -0.1) is 29.7 Å². The van der Waals surface area contributed by atoms with E-state index in [9.17, 15) is 0 Å². The first-order valence-corrected chi connectivity index (χ1v) is 20.2. The van der Waals surface area contributed by atoms with E-state index in [2.05, 4.69) is 238 Å². The Labute approximate surface area is 369 Å². The van der Waals surface area contributed by atoms with Crippen LogP contribution in [-0.2, 0) is 28.1 Å². The predicted octanol–water partition coefficient (Wildman–Crippen LogP) is 13.8. The van der Waals surface area contributed by atoms with E-state index in [-0.39, 0.29) is 21.1 Å². The minimum Gasteiger partial charge on any atom is -0.357 e. The zero-order valence-corrected chi connectivity index (χ0v) is 35.5. The molecule has 0 aliphatic carbocycles. The van der Waals surface area contributed by atoms with Crippen LogP contribution in [0.1, 0.15) is 0 Å². The molecule has 0 saturated carbocycles. The Kier molecular flexibility index (Phi) is 9.96. The van der Waals surface area contributed by atoms with Crippen LogP contribution in [0.15, 0.2) is 213 Å². The first-order valence-electron chi connectivity index (χ1n) is 20.2. The fourth-order valence-corrected chi connectivity index (χ4v) is 8.63. The van der Waals surface area contributed by atoms with Crippen molar-refractivity contribution >= 4 is 49.9 Å². The molecule has 0 aliphatic rings. The van der Waals surface area contributed by atoms with E-state index in [0.717, 1.165) is 94.8 Å². The number of anilines is 3. The topological polar surface area (TPSA) is 30.9 Å². The molecule has 0 unspecified atom stereocenters. The third-order valence-electron chi connectivity index (χ3n) is 11.4. The molecule has 11 aromatic rings. The van der Waals surface area contributed by atoms with Crippen LogP contribution in [0.5, 0.6) is 0 Å². The van der Waals surface area contributed by atoms with Gasteiger partial charge in [-0.25, -0.2) is 14.1 Å². The van der Waals surface area contributed by atoms with Gasteiger partial charge in [-0.3, -0.25) is 0 Å². The van der Waals surface area contributed by atoms with E-state index < -0.39 is 0 Å². The Balaban J connectivity index is 0.00000445. The molecule has 0 spiro atoms. The van der Waals surface area contributed by atoms with E-state index in [0.29, 0.717) is 0 Å². The number of rotatable bonds is 8. The van der Waals surface area contributed by atoms with E-state index >= 15 is 0 Å². The third-order valence-corrected chi connectivity index (χ3v) is 11.4. The van der Waals surface area contributed by atoms with E-state index in [1.165, 1.54) is 0 Å². The Morgan fingerprint density at radius 1 is 0.492 bits per heavy atom. The van der Waals surface area contributed by atoms with Crippen LogP contribution in [-0.4, -0.2) is 18.7 Å². The minimum atomic E-state index is 0. The van der Waals surface area contributed by atoms with Gasteiger partial charge >= 0.3 is 0 Å². The van der Waals surface area contributed by atoms with Gasteiger partial charge in [0, 0.05) is 68.8 Å². The molecule has 3 heterocycles. The Hall–Kier alpha value is -7.33. The number of nitrogens with zero attached hydrogens (tertiary/aromatic N) is 5. The fraction of sp³-hybridized carbons (Fsp3) is 0.0182. The van der Waals surface area contributed by atoms with Gasteiger partial charge < -0.3 is 9.47 Å².